The number of carboxylic acids is 1. The number of Topliss-reactive ketones (excluding diaryl/α,β-unsaturated/α-hetero) is 2. The standard InChI is InChI=1S/C31H43NO4/c1-26(2)10-12-31(25(35)36)13-11-30(7)23(19(31)16-26)20(33)14-22-28(5)15-18(17-32)24(34)27(3,4)21(28)8-9-29(22,30)6/h15,19,21-23H,8-14,16H2,1-7H3,(H,35,36)/t19?,21?,22?,23-,28+,29-,30-,31+/m1/s1. The summed E-state index contributed by atoms with van der Waals surface area (Å²) in [4.78, 5) is 40.3. The zero-order valence-corrected chi connectivity index (χ0v) is 23.2. The van der Waals surface area contributed by atoms with E-state index in [-0.39, 0.29) is 57.1 Å². The molecule has 0 bridgehead atoms. The van der Waals surface area contributed by atoms with Gasteiger partial charge in [0.25, 0.3) is 0 Å². The quantitative estimate of drug-likeness (QED) is 0.458. The number of hydrogen-bond donors (Lipinski definition) is 1. The van der Waals surface area contributed by atoms with Crippen LogP contribution in [0.5, 0.6) is 0 Å². The Balaban J connectivity index is 1.65. The van der Waals surface area contributed by atoms with Gasteiger partial charge in [-0.25, -0.2) is 0 Å². The number of rotatable bonds is 1. The van der Waals surface area contributed by atoms with Crippen LogP contribution in [0.4, 0.5) is 0 Å². The monoisotopic (exact) mass is 493 g/mol. The van der Waals surface area contributed by atoms with Crippen molar-refractivity contribution in [3.05, 3.63) is 11.6 Å². The van der Waals surface area contributed by atoms with Crippen molar-refractivity contribution in [3.8, 4) is 6.07 Å². The average molecular weight is 494 g/mol. The number of nitriles is 1. The van der Waals surface area contributed by atoms with Crippen LogP contribution in [0.15, 0.2) is 11.6 Å². The summed E-state index contributed by atoms with van der Waals surface area (Å²) < 4.78 is 0. The molecule has 0 amide bonds. The Morgan fingerprint density at radius 1 is 0.944 bits per heavy atom. The van der Waals surface area contributed by atoms with Gasteiger partial charge in [0, 0.05) is 17.8 Å². The Labute approximate surface area is 216 Å². The number of nitrogens with zero attached hydrogens (tertiary/aromatic N) is 1. The van der Waals surface area contributed by atoms with Crippen molar-refractivity contribution in [1.82, 2.24) is 0 Å². The van der Waals surface area contributed by atoms with Gasteiger partial charge in [0.15, 0.2) is 5.78 Å². The molecule has 8 atom stereocenters. The zero-order valence-electron chi connectivity index (χ0n) is 23.2. The molecule has 4 saturated carbocycles. The van der Waals surface area contributed by atoms with E-state index in [0.717, 1.165) is 32.1 Å². The molecule has 5 nitrogen and oxygen atoms in total. The number of carbonyl (C=O) groups is 3. The van der Waals surface area contributed by atoms with Gasteiger partial charge >= 0.3 is 5.97 Å². The van der Waals surface area contributed by atoms with Crippen molar-refractivity contribution in [1.29, 1.82) is 5.26 Å². The lowest BCUT2D eigenvalue weighted by Gasteiger charge is -2.71. The van der Waals surface area contributed by atoms with Crippen LogP contribution >= 0.6 is 0 Å². The van der Waals surface area contributed by atoms with Crippen LogP contribution in [-0.4, -0.2) is 22.6 Å². The first-order chi connectivity index (χ1) is 16.5. The topological polar surface area (TPSA) is 95.2 Å². The summed E-state index contributed by atoms with van der Waals surface area (Å²) in [6.45, 7) is 15.2. The van der Waals surface area contributed by atoms with E-state index in [4.69, 9.17) is 0 Å². The van der Waals surface area contributed by atoms with Gasteiger partial charge in [-0.1, -0.05) is 54.5 Å². The third-order valence-corrected chi connectivity index (χ3v) is 12.9. The minimum atomic E-state index is -0.799. The van der Waals surface area contributed by atoms with E-state index >= 15 is 0 Å². The predicted octanol–water partition coefficient (Wildman–Crippen LogP) is 6.37. The molecule has 196 valence electrons. The largest absolute Gasteiger partial charge is 0.481 e. The summed E-state index contributed by atoms with van der Waals surface area (Å²) in [7, 11) is 0. The Bertz CT molecular complexity index is 1130. The summed E-state index contributed by atoms with van der Waals surface area (Å²) >= 11 is 0. The third-order valence-electron chi connectivity index (χ3n) is 12.9. The Hall–Kier alpha value is -1.96. The molecule has 1 N–H and O–H groups in total. The molecule has 3 unspecified atom stereocenters. The average Bonchev–Trinajstić information content (AvgIpc) is 2.77. The minimum Gasteiger partial charge on any atom is -0.481 e. The number of aliphatic carboxylic acids is 1. The summed E-state index contributed by atoms with van der Waals surface area (Å²) in [5.74, 6) is -0.843. The minimum absolute atomic E-state index is 0.0295. The molecule has 4 fully saturated rings. The molecule has 0 spiro atoms. The van der Waals surface area contributed by atoms with E-state index in [9.17, 15) is 24.8 Å². The van der Waals surface area contributed by atoms with Crippen LogP contribution < -0.4 is 0 Å². The first kappa shape index (κ1) is 25.7. The van der Waals surface area contributed by atoms with Crippen LogP contribution in [0.3, 0.4) is 0 Å². The number of hydrogen-bond acceptors (Lipinski definition) is 4. The van der Waals surface area contributed by atoms with Gasteiger partial charge in [0.1, 0.15) is 11.9 Å². The molecule has 0 radical (unpaired) electrons. The summed E-state index contributed by atoms with van der Waals surface area (Å²) in [5.41, 5.74) is -2.07. The van der Waals surface area contributed by atoms with Gasteiger partial charge in [-0.15, -0.1) is 0 Å². The zero-order chi connectivity index (χ0) is 26.7. The highest BCUT2D eigenvalue weighted by Gasteiger charge is 2.73. The Kier molecular flexibility index (Phi) is 5.23. The van der Waals surface area contributed by atoms with Gasteiger partial charge in [0.2, 0.25) is 0 Å². The van der Waals surface area contributed by atoms with Crippen LogP contribution in [0.1, 0.15) is 99.8 Å². The second kappa shape index (κ2) is 7.33. The van der Waals surface area contributed by atoms with Crippen LogP contribution in [0.25, 0.3) is 0 Å². The molecule has 0 aliphatic heterocycles. The summed E-state index contributed by atoms with van der Waals surface area (Å²) in [6.07, 6.45) is 7.87. The molecule has 0 heterocycles. The van der Waals surface area contributed by atoms with Crippen LogP contribution in [-0.2, 0) is 14.4 Å². The first-order valence-electron chi connectivity index (χ1n) is 13.9. The summed E-state index contributed by atoms with van der Waals surface area (Å²) in [6, 6.07) is 2.18. The van der Waals surface area contributed by atoms with Gasteiger partial charge in [-0.05, 0) is 84.4 Å². The lowest BCUT2D eigenvalue weighted by Crippen LogP contribution is -2.69. The fraction of sp³-hybridized carbons (Fsp3) is 0.806. The second-order valence-corrected chi connectivity index (χ2v) is 15.1. The van der Waals surface area contributed by atoms with E-state index in [1.165, 1.54) is 0 Å². The molecule has 0 aromatic rings. The van der Waals surface area contributed by atoms with E-state index in [2.05, 4.69) is 40.7 Å². The van der Waals surface area contributed by atoms with Gasteiger partial charge in [0.05, 0.1) is 11.0 Å². The molecule has 36 heavy (non-hydrogen) atoms. The van der Waals surface area contributed by atoms with E-state index in [1.807, 2.05) is 19.9 Å². The molecular weight excluding hydrogens is 450 g/mol. The van der Waals surface area contributed by atoms with Crippen LogP contribution in [0.2, 0.25) is 0 Å². The Morgan fingerprint density at radius 3 is 2.19 bits per heavy atom. The molecular formula is C31H43NO4. The molecule has 5 aliphatic carbocycles. The highest BCUT2D eigenvalue weighted by molar-refractivity contribution is 6.04. The number of ketones is 2. The van der Waals surface area contributed by atoms with E-state index in [0.29, 0.717) is 19.3 Å². The van der Waals surface area contributed by atoms with Crippen molar-refractivity contribution in [2.45, 2.75) is 99.8 Å². The van der Waals surface area contributed by atoms with Gasteiger partial charge < -0.3 is 5.11 Å². The van der Waals surface area contributed by atoms with Crippen molar-refractivity contribution >= 4 is 17.5 Å². The van der Waals surface area contributed by atoms with Crippen molar-refractivity contribution in [2.75, 3.05) is 0 Å². The van der Waals surface area contributed by atoms with Gasteiger partial charge in [-0.2, -0.15) is 5.26 Å². The fourth-order valence-corrected chi connectivity index (χ4v) is 10.7. The maximum absolute atomic E-state index is 14.3. The lowest BCUT2D eigenvalue weighted by molar-refractivity contribution is -0.225. The molecule has 0 saturated heterocycles. The summed E-state index contributed by atoms with van der Waals surface area (Å²) in [5, 5.41) is 20.4. The number of fused-ring (bicyclic) bond motifs is 7. The Morgan fingerprint density at radius 2 is 1.58 bits per heavy atom. The molecule has 0 aromatic heterocycles. The van der Waals surface area contributed by atoms with Crippen molar-refractivity contribution < 1.29 is 19.5 Å². The SMILES string of the molecule is CC1(C)CC[C@]2(C(=O)O)CC[C@]3(C)[C@@H](C(=O)CC4[C@@]5(C)C=C(C#N)C(=O)C(C)(C)C5CC[C@]43C)C2C1. The molecule has 5 rings (SSSR count). The van der Waals surface area contributed by atoms with E-state index < -0.39 is 22.2 Å². The lowest BCUT2D eigenvalue weighted by atomic mass is 9.31. The molecule has 0 aromatic carbocycles. The molecule has 5 aliphatic rings. The first-order valence-corrected chi connectivity index (χ1v) is 13.9. The second-order valence-electron chi connectivity index (χ2n) is 15.1. The molecule has 5 heteroatoms. The maximum Gasteiger partial charge on any atom is 0.309 e. The fourth-order valence-electron chi connectivity index (χ4n) is 10.7. The third kappa shape index (κ3) is 2.91. The van der Waals surface area contributed by atoms with Crippen molar-refractivity contribution in [2.24, 2.45) is 56.2 Å². The van der Waals surface area contributed by atoms with Gasteiger partial charge in [-0.3, -0.25) is 14.4 Å². The normalized spacial score (nSPS) is 48.9. The van der Waals surface area contributed by atoms with E-state index in [1.54, 1.807) is 0 Å². The van der Waals surface area contributed by atoms with Crippen molar-refractivity contribution in [3.63, 3.8) is 0 Å². The maximum atomic E-state index is 14.3. The number of allylic oxidation sites excluding steroid dienone is 2. The smallest absolute Gasteiger partial charge is 0.309 e. The predicted molar refractivity (Wildman–Crippen MR) is 137 cm³/mol. The number of carbonyl (C=O) groups excluding carboxylic acids is 2. The number of carboxylic acid groups (broad SMARTS) is 1. The highest BCUT2D eigenvalue weighted by atomic mass is 16.4. The van der Waals surface area contributed by atoms with Crippen LogP contribution in [0, 0.1) is 67.5 Å². The highest BCUT2D eigenvalue weighted by Crippen LogP contribution is 2.75.